The Kier molecular flexibility index (Phi) is 9.78. The summed E-state index contributed by atoms with van der Waals surface area (Å²) in [7, 11) is -3.34. The molecule has 8 rings (SSSR count). The Morgan fingerprint density at radius 1 is 1.02 bits per heavy atom. The highest BCUT2D eigenvalue weighted by atomic mass is 79.9. The zero-order valence-corrected chi connectivity index (χ0v) is 33.5. The molecule has 3 saturated heterocycles. The summed E-state index contributed by atoms with van der Waals surface area (Å²) in [5.41, 5.74) is 2.57. The molecule has 11 nitrogen and oxygen atoms in total. The maximum absolute atomic E-state index is 16.3. The number of anilines is 3. The summed E-state index contributed by atoms with van der Waals surface area (Å²) >= 11 is 3.63. The van der Waals surface area contributed by atoms with E-state index in [9.17, 15) is 14.7 Å². The number of aliphatic hydroxyl groups is 1. The van der Waals surface area contributed by atoms with Crippen LogP contribution in [-0.4, -0.2) is 78.3 Å². The normalized spacial score (nSPS) is 25.1. The summed E-state index contributed by atoms with van der Waals surface area (Å²) in [4.78, 5) is 35.1. The van der Waals surface area contributed by atoms with Crippen LogP contribution in [0.3, 0.4) is 0 Å². The van der Waals surface area contributed by atoms with E-state index in [4.69, 9.17) is 4.74 Å². The van der Waals surface area contributed by atoms with Crippen molar-refractivity contribution in [3.8, 4) is 0 Å². The number of hydrogen-bond donors (Lipinski definition) is 2. The molecule has 284 valence electrons. The van der Waals surface area contributed by atoms with Crippen LogP contribution in [-0.2, 0) is 39.4 Å². The number of rotatable bonds is 10. The van der Waals surface area contributed by atoms with Gasteiger partial charge in [0.25, 0.3) is 11.8 Å². The van der Waals surface area contributed by atoms with Crippen molar-refractivity contribution in [1.29, 1.82) is 0 Å². The number of amides is 2. The lowest BCUT2D eigenvalue weighted by Crippen LogP contribution is -2.55. The zero-order valence-electron chi connectivity index (χ0n) is 30.9. The summed E-state index contributed by atoms with van der Waals surface area (Å²) < 4.78 is 25.8. The number of piperidine rings is 1. The average molecular weight is 817 g/mol. The molecule has 0 unspecified atom stereocenters. The minimum absolute atomic E-state index is 0.0176. The van der Waals surface area contributed by atoms with Crippen molar-refractivity contribution in [3.63, 3.8) is 0 Å². The number of aromatic nitrogens is 3. The predicted octanol–water partition coefficient (Wildman–Crippen LogP) is 5.92. The van der Waals surface area contributed by atoms with Crippen LogP contribution in [0.4, 0.5) is 21.2 Å². The first kappa shape index (κ1) is 37.0. The van der Waals surface area contributed by atoms with Gasteiger partial charge in [-0.05, 0) is 93.5 Å². The zero-order chi connectivity index (χ0) is 37.8. The third-order valence-electron chi connectivity index (χ3n) is 12.0. The van der Waals surface area contributed by atoms with E-state index in [0.717, 1.165) is 58.6 Å². The molecule has 2 N–H and O–H groups in total. The highest BCUT2D eigenvalue weighted by molar-refractivity contribution is 9.10. The molecule has 0 bridgehead atoms. The number of fused-ring (bicyclic) bond motifs is 2. The first-order valence-corrected chi connectivity index (χ1v) is 22.6. The highest BCUT2D eigenvalue weighted by Gasteiger charge is 2.66. The fraction of sp³-hybridized carbons (Fsp3) is 0.450. The molecule has 54 heavy (non-hydrogen) atoms. The number of ether oxygens (including phenoxy) is 1. The monoisotopic (exact) mass is 815 g/mol. The molecular formula is C40H47BrFN7O4Si. The number of aryl methyl sites for hydroxylation is 1. The van der Waals surface area contributed by atoms with E-state index in [1.807, 2.05) is 72.5 Å². The number of benzene rings is 3. The molecule has 0 aliphatic carbocycles. The summed E-state index contributed by atoms with van der Waals surface area (Å²) in [5.74, 6) is -0.495. The lowest BCUT2D eigenvalue weighted by molar-refractivity contribution is -0.146. The standard InChI is InChI=1S/C40H47BrFN7O4Si/c1-27-36(54(2,3)42)35(15-21-46-25-30(16-22-50)44-45-46)53-40(27)33-23-29(41)11-14-34(33)47(38(40)52)24-28-9-12-31(13-10-28)48-26-49(32-7-5-4-6-8-32)39(37(48)51)17-19-43-20-18-39/h4-14,23,25,27,35-36,43,50H,15-22,24,26H2,1-3H3/t27-,35+,36-,40+/m1/s1. The molecule has 2 spiro atoms. The molecule has 2 amide bonds. The lowest BCUT2D eigenvalue weighted by atomic mass is 9.82. The smallest absolute Gasteiger partial charge is 0.264 e. The molecule has 4 atom stereocenters. The molecule has 3 aromatic carbocycles. The summed E-state index contributed by atoms with van der Waals surface area (Å²) in [6.45, 7) is 8.14. The van der Waals surface area contributed by atoms with E-state index in [0.29, 0.717) is 38.3 Å². The summed E-state index contributed by atoms with van der Waals surface area (Å²) in [6, 6.07) is 23.9. The Labute approximate surface area is 324 Å². The van der Waals surface area contributed by atoms with Gasteiger partial charge >= 0.3 is 0 Å². The number of carbonyl (C=O) groups excluding carboxylic acids is 2. The third kappa shape index (κ3) is 6.19. The van der Waals surface area contributed by atoms with Crippen LogP contribution in [0.15, 0.2) is 83.5 Å². The van der Waals surface area contributed by atoms with Crippen LogP contribution in [0.25, 0.3) is 0 Å². The van der Waals surface area contributed by atoms with Crippen LogP contribution < -0.4 is 20.0 Å². The molecule has 5 heterocycles. The van der Waals surface area contributed by atoms with E-state index in [1.54, 1.807) is 28.9 Å². The van der Waals surface area contributed by atoms with Gasteiger partial charge in [0, 0.05) is 58.6 Å². The van der Waals surface area contributed by atoms with Crippen molar-refractivity contribution in [2.45, 2.75) is 81.6 Å². The summed E-state index contributed by atoms with van der Waals surface area (Å²) in [5, 5.41) is 21.1. The summed E-state index contributed by atoms with van der Waals surface area (Å²) in [6.07, 6.45) is 3.63. The third-order valence-corrected chi connectivity index (χ3v) is 15.0. The number of aliphatic hydroxyl groups excluding tert-OH is 1. The lowest BCUT2D eigenvalue weighted by Gasteiger charge is -2.39. The van der Waals surface area contributed by atoms with Crippen LogP contribution in [0.1, 0.15) is 43.0 Å². The van der Waals surface area contributed by atoms with E-state index in [1.165, 1.54) is 0 Å². The Morgan fingerprint density at radius 3 is 2.46 bits per heavy atom. The topological polar surface area (TPSA) is 116 Å². The first-order valence-electron chi connectivity index (χ1n) is 18.9. The van der Waals surface area contributed by atoms with Gasteiger partial charge in [-0.3, -0.25) is 19.2 Å². The predicted molar refractivity (Wildman–Crippen MR) is 211 cm³/mol. The Hall–Kier alpha value is -3.95. The van der Waals surface area contributed by atoms with Crippen molar-refractivity contribution < 1.29 is 23.5 Å². The molecular weight excluding hydrogens is 769 g/mol. The molecule has 4 aliphatic rings. The first-order chi connectivity index (χ1) is 26.0. The number of nitrogens with zero attached hydrogens (tertiary/aromatic N) is 6. The molecule has 1 aromatic heterocycles. The van der Waals surface area contributed by atoms with Gasteiger partial charge in [0.1, 0.15) is 5.54 Å². The number of carbonyl (C=O) groups is 2. The highest BCUT2D eigenvalue weighted by Crippen LogP contribution is 2.60. The van der Waals surface area contributed by atoms with E-state index >= 15 is 4.11 Å². The maximum Gasteiger partial charge on any atom is 0.264 e. The largest absolute Gasteiger partial charge is 0.396 e. The Morgan fingerprint density at radius 2 is 1.76 bits per heavy atom. The van der Waals surface area contributed by atoms with Crippen molar-refractivity contribution in [2.75, 3.05) is 41.1 Å². The number of halogens is 2. The molecule has 3 fully saturated rings. The molecule has 4 aromatic rings. The maximum atomic E-state index is 16.3. The second-order valence-corrected chi connectivity index (χ2v) is 20.4. The van der Waals surface area contributed by atoms with Crippen LogP contribution in [0, 0.1) is 5.92 Å². The fourth-order valence-electron chi connectivity index (χ4n) is 9.51. The average Bonchev–Trinajstić information content (AvgIpc) is 3.88. The number of nitrogens with one attached hydrogen (secondary N) is 1. The van der Waals surface area contributed by atoms with Gasteiger partial charge in [-0.1, -0.05) is 58.4 Å². The Bertz CT molecular complexity index is 2020. The van der Waals surface area contributed by atoms with Gasteiger partial charge in [-0.15, -0.1) is 5.10 Å². The van der Waals surface area contributed by atoms with E-state index in [2.05, 4.69) is 48.6 Å². The van der Waals surface area contributed by atoms with Crippen molar-refractivity contribution >= 4 is 53.2 Å². The molecule has 4 aliphatic heterocycles. The molecule has 0 saturated carbocycles. The SMILES string of the molecule is C[C@@H]1[C@@H]([Si](C)(C)F)[C@H](CCn2cc(CCO)nn2)O[C@@]12C(=O)N(Cc1ccc(N3CN(c4ccccc4)C4(CCNCC4)C3=O)cc1)c1ccc(Br)cc12. The van der Waals surface area contributed by atoms with Crippen molar-refractivity contribution in [1.82, 2.24) is 20.3 Å². The second-order valence-electron chi connectivity index (χ2n) is 15.6. The van der Waals surface area contributed by atoms with E-state index < -0.39 is 37.1 Å². The molecule has 14 heteroatoms. The number of para-hydroxylation sites is 1. The Balaban J connectivity index is 1.06. The van der Waals surface area contributed by atoms with Crippen LogP contribution in [0.5, 0.6) is 0 Å². The quantitative estimate of drug-likeness (QED) is 0.150. The van der Waals surface area contributed by atoms with Gasteiger partial charge < -0.3 is 29.1 Å². The number of hydrogen-bond acceptors (Lipinski definition) is 8. The minimum atomic E-state index is -3.34. The molecule has 0 radical (unpaired) electrons. The van der Waals surface area contributed by atoms with Gasteiger partial charge in [0.05, 0.1) is 30.7 Å². The van der Waals surface area contributed by atoms with Gasteiger partial charge in [-0.25, -0.2) is 0 Å². The fourth-order valence-corrected chi connectivity index (χ4v) is 12.4. The minimum Gasteiger partial charge on any atom is -0.396 e. The van der Waals surface area contributed by atoms with Gasteiger partial charge in [0.2, 0.25) is 8.41 Å². The van der Waals surface area contributed by atoms with Gasteiger partial charge in [-0.2, -0.15) is 0 Å². The second kappa shape index (κ2) is 14.3. The van der Waals surface area contributed by atoms with Gasteiger partial charge in [0.15, 0.2) is 5.60 Å². The van der Waals surface area contributed by atoms with Crippen LogP contribution >= 0.6 is 15.9 Å². The van der Waals surface area contributed by atoms with Crippen LogP contribution in [0.2, 0.25) is 18.6 Å². The van der Waals surface area contributed by atoms with Crippen molar-refractivity contribution in [3.05, 3.63) is 100 Å². The van der Waals surface area contributed by atoms with E-state index in [-0.39, 0.29) is 18.4 Å². The van der Waals surface area contributed by atoms with Crippen molar-refractivity contribution in [2.24, 2.45) is 5.92 Å².